The summed E-state index contributed by atoms with van der Waals surface area (Å²) in [5.41, 5.74) is -0.658. The van der Waals surface area contributed by atoms with Gasteiger partial charge in [-0.2, -0.15) is 13.2 Å². The van der Waals surface area contributed by atoms with E-state index in [1.807, 2.05) is 0 Å². The molecule has 0 bridgehead atoms. The molecule has 0 saturated carbocycles. The topological polar surface area (TPSA) is 9.23 Å². The smallest absolute Gasteiger partial charge is 0.397 e. The molecule has 5 heteroatoms. The van der Waals surface area contributed by atoms with Crippen LogP contribution in [0.2, 0.25) is 18.1 Å². The van der Waals surface area contributed by atoms with E-state index in [1.165, 1.54) is 13.8 Å². The Labute approximate surface area is 133 Å². The van der Waals surface area contributed by atoms with Crippen molar-refractivity contribution in [2.24, 2.45) is 0 Å². The van der Waals surface area contributed by atoms with Crippen molar-refractivity contribution >= 4 is 8.32 Å². The molecule has 0 atom stereocenters. The SMILES string of the molecule is CC(C)(c1ccc(CO[Si](C)(C)C(C)(C)C)cc1)C(F)(F)F. The monoisotopic (exact) mass is 332 g/mol. The Morgan fingerprint density at radius 1 is 0.909 bits per heavy atom. The fourth-order valence-electron chi connectivity index (χ4n) is 1.66. The maximum atomic E-state index is 13.0. The zero-order valence-electron chi connectivity index (χ0n) is 14.6. The standard InChI is InChI=1S/C17H27F3OSi/c1-15(2,3)22(6,7)21-12-13-8-10-14(11-9-13)16(4,5)17(18,19)20/h8-11H,12H2,1-7H3. The predicted octanol–water partition coefficient (Wildman–Crippen LogP) is 6.05. The number of hydrogen-bond acceptors (Lipinski definition) is 1. The summed E-state index contributed by atoms with van der Waals surface area (Å²) in [6, 6.07) is 6.57. The zero-order valence-corrected chi connectivity index (χ0v) is 15.6. The molecule has 0 amide bonds. The van der Waals surface area contributed by atoms with Gasteiger partial charge in [-0.25, -0.2) is 0 Å². The van der Waals surface area contributed by atoms with Crippen molar-refractivity contribution in [3.63, 3.8) is 0 Å². The molecule has 0 N–H and O–H groups in total. The highest BCUT2D eigenvalue weighted by Crippen LogP contribution is 2.40. The van der Waals surface area contributed by atoms with Gasteiger partial charge in [0.2, 0.25) is 0 Å². The predicted molar refractivity (Wildman–Crippen MR) is 87.5 cm³/mol. The molecule has 0 radical (unpaired) electrons. The maximum absolute atomic E-state index is 13.0. The van der Waals surface area contributed by atoms with Crippen molar-refractivity contribution < 1.29 is 17.6 Å². The van der Waals surface area contributed by atoms with Crippen molar-refractivity contribution in [3.8, 4) is 0 Å². The van der Waals surface area contributed by atoms with E-state index in [1.54, 1.807) is 24.3 Å². The van der Waals surface area contributed by atoms with Crippen LogP contribution in [0.15, 0.2) is 24.3 Å². The van der Waals surface area contributed by atoms with Gasteiger partial charge in [-0.05, 0) is 43.1 Å². The minimum atomic E-state index is -4.26. The van der Waals surface area contributed by atoms with Crippen LogP contribution in [-0.2, 0) is 16.4 Å². The number of hydrogen-bond donors (Lipinski definition) is 0. The minimum absolute atomic E-state index is 0.116. The van der Waals surface area contributed by atoms with Crippen LogP contribution in [-0.4, -0.2) is 14.5 Å². The first-order chi connectivity index (χ1) is 9.68. The third-order valence-electron chi connectivity index (χ3n) is 4.79. The van der Waals surface area contributed by atoms with E-state index >= 15 is 0 Å². The highest BCUT2D eigenvalue weighted by atomic mass is 28.4. The maximum Gasteiger partial charge on any atom is 0.397 e. The summed E-state index contributed by atoms with van der Waals surface area (Å²) < 4.78 is 45.2. The van der Waals surface area contributed by atoms with Crippen molar-refractivity contribution in [1.29, 1.82) is 0 Å². The molecular weight excluding hydrogens is 305 g/mol. The molecule has 1 aromatic rings. The van der Waals surface area contributed by atoms with Gasteiger partial charge in [0, 0.05) is 0 Å². The summed E-state index contributed by atoms with van der Waals surface area (Å²) in [6.07, 6.45) is -4.26. The summed E-state index contributed by atoms with van der Waals surface area (Å²) >= 11 is 0. The Hall–Kier alpha value is -0.813. The average molecular weight is 332 g/mol. The quantitative estimate of drug-likeness (QED) is 0.610. The molecule has 0 heterocycles. The Kier molecular flexibility index (Phi) is 5.25. The minimum Gasteiger partial charge on any atom is -0.413 e. The Morgan fingerprint density at radius 3 is 1.73 bits per heavy atom. The fraction of sp³-hybridized carbons (Fsp3) is 0.647. The summed E-state index contributed by atoms with van der Waals surface area (Å²) in [7, 11) is -1.85. The molecule has 0 aromatic heterocycles. The molecule has 0 fully saturated rings. The van der Waals surface area contributed by atoms with Gasteiger partial charge in [0.25, 0.3) is 0 Å². The third kappa shape index (κ3) is 4.13. The second-order valence-electron chi connectivity index (χ2n) is 7.87. The lowest BCUT2D eigenvalue weighted by molar-refractivity contribution is -0.180. The number of benzene rings is 1. The van der Waals surface area contributed by atoms with Crippen molar-refractivity contribution in [2.45, 2.75) is 70.9 Å². The van der Waals surface area contributed by atoms with Gasteiger partial charge in [0.05, 0.1) is 12.0 Å². The molecular formula is C17H27F3OSi. The van der Waals surface area contributed by atoms with E-state index < -0.39 is 19.9 Å². The molecule has 0 aliphatic heterocycles. The Morgan fingerprint density at radius 2 is 1.36 bits per heavy atom. The van der Waals surface area contributed by atoms with Crippen LogP contribution >= 0.6 is 0 Å². The first-order valence-corrected chi connectivity index (χ1v) is 10.4. The second kappa shape index (κ2) is 6.00. The van der Waals surface area contributed by atoms with Gasteiger partial charge in [-0.15, -0.1) is 0 Å². The van der Waals surface area contributed by atoms with Crippen molar-refractivity contribution in [1.82, 2.24) is 0 Å². The number of alkyl halides is 3. The van der Waals surface area contributed by atoms with Crippen LogP contribution in [0.3, 0.4) is 0 Å². The van der Waals surface area contributed by atoms with Gasteiger partial charge in [0.15, 0.2) is 8.32 Å². The highest BCUT2D eigenvalue weighted by molar-refractivity contribution is 6.74. The number of rotatable bonds is 4. The van der Waals surface area contributed by atoms with Crippen LogP contribution in [0.25, 0.3) is 0 Å². The van der Waals surface area contributed by atoms with Gasteiger partial charge in [-0.3, -0.25) is 0 Å². The van der Waals surface area contributed by atoms with Crippen LogP contribution in [0.1, 0.15) is 45.7 Å². The molecule has 1 rings (SSSR count). The zero-order chi connectivity index (χ0) is 17.4. The van der Waals surface area contributed by atoms with Crippen molar-refractivity contribution in [2.75, 3.05) is 0 Å². The third-order valence-corrected chi connectivity index (χ3v) is 9.27. The van der Waals surface area contributed by atoms with Crippen LogP contribution < -0.4 is 0 Å². The molecule has 0 aliphatic rings. The van der Waals surface area contributed by atoms with Gasteiger partial charge < -0.3 is 4.43 Å². The van der Waals surface area contributed by atoms with Crippen LogP contribution in [0, 0.1) is 0 Å². The lowest BCUT2D eigenvalue weighted by Crippen LogP contribution is -2.40. The summed E-state index contributed by atoms with van der Waals surface area (Å²) in [5.74, 6) is 0. The van der Waals surface area contributed by atoms with E-state index in [0.717, 1.165) is 5.56 Å². The molecule has 126 valence electrons. The van der Waals surface area contributed by atoms with Crippen molar-refractivity contribution in [3.05, 3.63) is 35.4 Å². The van der Waals surface area contributed by atoms with E-state index in [2.05, 4.69) is 33.9 Å². The molecule has 1 nitrogen and oxygen atoms in total. The lowest BCUT2D eigenvalue weighted by atomic mass is 9.83. The summed E-state index contributed by atoms with van der Waals surface area (Å²) in [6.45, 7) is 13.7. The summed E-state index contributed by atoms with van der Waals surface area (Å²) in [4.78, 5) is 0. The first-order valence-electron chi connectivity index (χ1n) is 7.48. The summed E-state index contributed by atoms with van der Waals surface area (Å²) in [5, 5.41) is 0.116. The molecule has 1 aromatic carbocycles. The molecule has 0 unspecified atom stereocenters. The van der Waals surface area contributed by atoms with Gasteiger partial charge in [-0.1, -0.05) is 45.0 Å². The molecule has 22 heavy (non-hydrogen) atoms. The highest BCUT2D eigenvalue weighted by Gasteiger charge is 2.48. The number of halogens is 3. The lowest BCUT2D eigenvalue weighted by Gasteiger charge is -2.36. The van der Waals surface area contributed by atoms with E-state index in [-0.39, 0.29) is 10.6 Å². The van der Waals surface area contributed by atoms with E-state index in [4.69, 9.17) is 4.43 Å². The normalized spacial score (nSPS) is 14.3. The first kappa shape index (κ1) is 19.2. The Bertz CT molecular complexity index is 496. The van der Waals surface area contributed by atoms with Crippen LogP contribution in [0.4, 0.5) is 13.2 Å². The molecule has 0 aliphatic carbocycles. The second-order valence-corrected chi connectivity index (χ2v) is 12.7. The molecule has 0 saturated heterocycles. The van der Waals surface area contributed by atoms with Crippen LogP contribution in [0.5, 0.6) is 0 Å². The largest absolute Gasteiger partial charge is 0.413 e. The van der Waals surface area contributed by atoms with E-state index in [0.29, 0.717) is 6.61 Å². The average Bonchev–Trinajstić information content (AvgIpc) is 2.34. The Balaban J connectivity index is 2.83. The van der Waals surface area contributed by atoms with Gasteiger partial charge in [0.1, 0.15) is 0 Å². The van der Waals surface area contributed by atoms with Gasteiger partial charge >= 0.3 is 6.18 Å². The molecule has 0 spiro atoms. The van der Waals surface area contributed by atoms with E-state index in [9.17, 15) is 13.2 Å². The fourth-order valence-corrected chi connectivity index (χ4v) is 2.62.